The largest absolute Gasteiger partial charge is 0.508 e. The Morgan fingerprint density at radius 1 is 1.42 bits per heavy atom. The lowest BCUT2D eigenvalue weighted by atomic mass is 10.1. The first-order chi connectivity index (χ1) is 9.08. The first kappa shape index (κ1) is 13.9. The Bertz CT molecular complexity index is 453. The molecular formula is C15H22N2O2. The number of nitrogens with one attached hydrogen (secondary N) is 1. The van der Waals surface area contributed by atoms with Crippen molar-refractivity contribution in [3.63, 3.8) is 0 Å². The zero-order valence-corrected chi connectivity index (χ0v) is 11.6. The maximum atomic E-state index is 12.1. The third-order valence-corrected chi connectivity index (χ3v) is 3.78. The molecule has 1 heterocycles. The van der Waals surface area contributed by atoms with Gasteiger partial charge < -0.3 is 10.4 Å². The molecule has 1 atom stereocenters. The third-order valence-electron chi connectivity index (χ3n) is 3.78. The molecule has 1 amide bonds. The van der Waals surface area contributed by atoms with Crippen molar-refractivity contribution in [1.29, 1.82) is 0 Å². The average molecular weight is 262 g/mol. The Balaban J connectivity index is 1.90. The summed E-state index contributed by atoms with van der Waals surface area (Å²) in [5.74, 6) is 0.128. The highest BCUT2D eigenvalue weighted by Crippen LogP contribution is 2.16. The molecule has 1 aromatic carbocycles. The van der Waals surface area contributed by atoms with Gasteiger partial charge in [-0.1, -0.05) is 0 Å². The lowest BCUT2D eigenvalue weighted by Crippen LogP contribution is -2.40. The van der Waals surface area contributed by atoms with Crippen LogP contribution in [0.15, 0.2) is 18.2 Å². The first-order valence-electron chi connectivity index (χ1n) is 6.90. The van der Waals surface area contributed by atoms with Gasteiger partial charge in [0, 0.05) is 18.2 Å². The monoisotopic (exact) mass is 262 g/mol. The minimum atomic E-state index is -0.0662. The van der Waals surface area contributed by atoms with Crippen LogP contribution in [0.5, 0.6) is 5.75 Å². The van der Waals surface area contributed by atoms with Crippen LogP contribution >= 0.6 is 0 Å². The van der Waals surface area contributed by atoms with E-state index in [0.717, 1.165) is 18.7 Å². The van der Waals surface area contributed by atoms with Gasteiger partial charge in [-0.05, 0) is 63.5 Å². The van der Waals surface area contributed by atoms with Crippen molar-refractivity contribution in [2.75, 3.05) is 19.6 Å². The molecule has 0 aromatic heterocycles. The lowest BCUT2D eigenvalue weighted by molar-refractivity contribution is 0.0940. The van der Waals surface area contributed by atoms with Gasteiger partial charge in [0.1, 0.15) is 5.75 Å². The molecule has 1 saturated heterocycles. The summed E-state index contributed by atoms with van der Waals surface area (Å²) in [6.07, 6.45) is 2.52. The second kappa shape index (κ2) is 6.06. The van der Waals surface area contributed by atoms with E-state index in [2.05, 4.69) is 17.1 Å². The number of nitrogens with zero attached hydrogens (tertiary/aromatic N) is 1. The fourth-order valence-corrected chi connectivity index (χ4v) is 2.55. The zero-order valence-electron chi connectivity index (χ0n) is 11.6. The molecule has 1 aliphatic rings. The van der Waals surface area contributed by atoms with Gasteiger partial charge in [0.05, 0.1) is 0 Å². The maximum Gasteiger partial charge on any atom is 0.251 e. The molecule has 0 saturated carbocycles. The number of phenols is 1. The lowest BCUT2D eigenvalue weighted by Gasteiger charge is -2.24. The summed E-state index contributed by atoms with van der Waals surface area (Å²) in [4.78, 5) is 14.5. The van der Waals surface area contributed by atoms with Crippen LogP contribution in [0.25, 0.3) is 0 Å². The predicted molar refractivity (Wildman–Crippen MR) is 75.4 cm³/mol. The molecule has 1 aliphatic heterocycles. The Hall–Kier alpha value is -1.55. The predicted octanol–water partition coefficient (Wildman–Crippen LogP) is 1.91. The molecule has 104 valence electrons. The molecule has 1 unspecified atom stereocenters. The van der Waals surface area contributed by atoms with Crippen LogP contribution in [0.1, 0.15) is 35.7 Å². The molecule has 0 radical (unpaired) electrons. The molecule has 19 heavy (non-hydrogen) atoms. The standard InChI is InChI=1S/C15H22N2O2/c1-11-9-13(18)5-6-14(11)15(19)16-10-12(2)17-7-3-4-8-17/h5-6,9,12,18H,3-4,7-8,10H2,1-2H3,(H,16,19). The summed E-state index contributed by atoms with van der Waals surface area (Å²) in [7, 11) is 0. The quantitative estimate of drug-likeness (QED) is 0.871. The van der Waals surface area contributed by atoms with E-state index in [4.69, 9.17) is 0 Å². The van der Waals surface area contributed by atoms with Crippen molar-refractivity contribution < 1.29 is 9.90 Å². The van der Waals surface area contributed by atoms with Crippen LogP contribution in [0, 0.1) is 6.92 Å². The van der Waals surface area contributed by atoms with E-state index in [0.29, 0.717) is 18.2 Å². The Morgan fingerprint density at radius 2 is 2.11 bits per heavy atom. The van der Waals surface area contributed by atoms with Crippen molar-refractivity contribution in [3.05, 3.63) is 29.3 Å². The number of amides is 1. The van der Waals surface area contributed by atoms with E-state index >= 15 is 0 Å². The van der Waals surface area contributed by atoms with Crippen LogP contribution in [-0.4, -0.2) is 41.6 Å². The molecule has 2 rings (SSSR count). The number of hydrogen-bond donors (Lipinski definition) is 2. The SMILES string of the molecule is Cc1cc(O)ccc1C(=O)NCC(C)N1CCCC1. The summed E-state index contributed by atoms with van der Waals surface area (Å²) >= 11 is 0. The summed E-state index contributed by atoms with van der Waals surface area (Å²) < 4.78 is 0. The number of likely N-dealkylation sites (tertiary alicyclic amines) is 1. The van der Waals surface area contributed by atoms with Crippen LogP contribution in [0.4, 0.5) is 0 Å². The van der Waals surface area contributed by atoms with E-state index in [1.165, 1.54) is 12.8 Å². The number of rotatable bonds is 4. The van der Waals surface area contributed by atoms with Crippen LogP contribution in [-0.2, 0) is 0 Å². The van der Waals surface area contributed by atoms with Gasteiger partial charge >= 0.3 is 0 Å². The molecule has 4 nitrogen and oxygen atoms in total. The fraction of sp³-hybridized carbons (Fsp3) is 0.533. The number of hydrogen-bond acceptors (Lipinski definition) is 3. The highest BCUT2D eigenvalue weighted by Gasteiger charge is 2.18. The fourth-order valence-electron chi connectivity index (χ4n) is 2.55. The Labute approximate surface area is 114 Å². The highest BCUT2D eigenvalue weighted by molar-refractivity contribution is 5.95. The van der Waals surface area contributed by atoms with Crippen LogP contribution in [0.2, 0.25) is 0 Å². The molecule has 0 spiro atoms. The second-order valence-corrected chi connectivity index (χ2v) is 5.30. The first-order valence-corrected chi connectivity index (χ1v) is 6.90. The van der Waals surface area contributed by atoms with Crippen molar-refractivity contribution >= 4 is 5.91 Å². The number of aryl methyl sites for hydroxylation is 1. The van der Waals surface area contributed by atoms with Gasteiger partial charge in [-0.25, -0.2) is 0 Å². The van der Waals surface area contributed by atoms with Gasteiger partial charge in [-0.15, -0.1) is 0 Å². The van der Waals surface area contributed by atoms with E-state index in [1.807, 2.05) is 6.92 Å². The zero-order chi connectivity index (χ0) is 13.8. The number of carbonyl (C=O) groups is 1. The average Bonchev–Trinajstić information content (AvgIpc) is 2.89. The normalized spacial score (nSPS) is 17.4. The van der Waals surface area contributed by atoms with Gasteiger partial charge in [-0.3, -0.25) is 9.69 Å². The second-order valence-electron chi connectivity index (χ2n) is 5.30. The number of aromatic hydroxyl groups is 1. The van der Waals surface area contributed by atoms with E-state index in [1.54, 1.807) is 18.2 Å². The molecule has 0 aliphatic carbocycles. The third kappa shape index (κ3) is 3.47. The van der Waals surface area contributed by atoms with Crippen molar-refractivity contribution in [2.45, 2.75) is 32.7 Å². The van der Waals surface area contributed by atoms with Crippen molar-refractivity contribution in [2.24, 2.45) is 0 Å². The summed E-state index contributed by atoms with van der Waals surface area (Å²) in [6.45, 7) is 6.91. The van der Waals surface area contributed by atoms with Gasteiger partial charge in [0.25, 0.3) is 5.91 Å². The number of phenolic OH excluding ortho intramolecular Hbond substituents is 1. The molecule has 1 aromatic rings. The van der Waals surface area contributed by atoms with Gasteiger partial charge in [-0.2, -0.15) is 0 Å². The van der Waals surface area contributed by atoms with E-state index in [-0.39, 0.29) is 11.7 Å². The molecule has 4 heteroatoms. The van der Waals surface area contributed by atoms with Gasteiger partial charge in [0.2, 0.25) is 0 Å². The minimum absolute atomic E-state index is 0.0662. The van der Waals surface area contributed by atoms with E-state index < -0.39 is 0 Å². The van der Waals surface area contributed by atoms with Crippen LogP contribution < -0.4 is 5.32 Å². The summed E-state index contributed by atoms with van der Waals surface area (Å²) in [6, 6.07) is 5.20. The van der Waals surface area contributed by atoms with E-state index in [9.17, 15) is 9.90 Å². The number of carbonyl (C=O) groups excluding carboxylic acids is 1. The highest BCUT2D eigenvalue weighted by atomic mass is 16.3. The topological polar surface area (TPSA) is 52.6 Å². The minimum Gasteiger partial charge on any atom is -0.508 e. The molecular weight excluding hydrogens is 240 g/mol. The van der Waals surface area contributed by atoms with Gasteiger partial charge in [0.15, 0.2) is 0 Å². The Morgan fingerprint density at radius 3 is 2.74 bits per heavy atom. The number of benzene rings is 1. The molecule has 2 N–H and O–H groups in total. The maximum absolute atomic E-state index is 12.1. The summed E-state index contributed by atoms with van der Waals surface area (Å²) in [5.41, 5.74) is 1.43. The van der Waals surface area contributed by atoms with Crippen molar-refractivity contribution in [1.82, 2.24) is 10.2 Å². The smallest absolute Gasteiger partial charge is 0.251 e. The van der Waals surface area contributed by atoms with Crippen molar-refractivity contribution in [3.8, 4) is 5.75 Å². The molecule has 0 bridgehead atoms. The Kier molecular flexibility index (Phi) is 4.43. The van der Waals surface area contributed by atoms with Crippen LogP contribution in [0.3, 0.4) is 0 Å². The molecule has 1 fully saturated rings. The summed E-state index contributed by atoms with van der Waals surface area (Å²) in [5, 5.41) is 12.3.